The molecule has 1 unspecified atom stereocenters. The monoisotopic (exact) mass is 277 g/mol. The maximum atomic E-state index is 5.52. The van der Waals surface area contributed by atoms with Gasteiger partial charge in [0.05, 0.1) is 5.52 Å². The lowest BCUT2D eigenvalue weighted by Crippen LogP contribution is -2.10. The molecule has 0 aliphatic heterocycles. The Morgan fingerprint density at radius 3 is 2.79 bits per heavy atom. The predicted octanol–water partition coefficient (Wildman–Crippen LogP) is 4.93. The Balaban J connectivity index is 2.49. The maximum absolute atomic E-state index is 5.52. The zero-order chi connectivity index (χ0) is 13.8. The number of hydrogen-bond donors (Lipinski definition) is 1. The average molecular weight is 277 g/mol. The number of rotatable bonds is 6. The molecule has 2 aromatic rings. The SMILES string of the molecule is CCCCC(CCC)n1c(=S)[nH]c2c(C)ccnc21. The van der Waals surface area contributed by atoms with E-state index in [0.717, 1.165) is 22.4 Å². The molecule has 0 bridgehead atoms. The molecule has 2 aromatic heterocycles. The van der Waals surface area contributed by atoms with Gasteiger partial charge in [0.25, 0.3) is 0 Å². The first-order valence-corrected chi connectivity index (χ1v) is 7.65. The van der Waals surface area contributed by atoms with Gasteiger partial charge < -0.3 is 4.98 Å². The van der Waals surface area contributed by atoms with Gasteiger partial charge in [0.2, 0.25) is 0 Å². The Labute approximate surface area is 120 Å². The van der Waals surface area contributed by atoms with Crippen molar-refractivity contribution in [3.63, 3.8) is 0 Å². The summed E-state index contributed by atoms with van der Waals surface area (Å²) in [4.78, 5) is 7.87. The lowest BCUT2D eigenvalue weighted by atomic mass is 10.1. The minimum Gasteiger partial charge on any atom is -0.329 e. The second kappa shape index (κ2) is 6.33. The van der Waals surface area contributed by atoms with Gasteiger partial charge in [-0.15, -0.1) is 0 Å². The Morgan fingerprint density at radius 2 is 2.11 bits per heavy atom. The summed E-state index contributed by atoms with van der Waals surface area (Å²) in [5.41, 5.74) is 3.31. The fourth-order valence-electron chi connectivity index (χ4n) is 2.66. The first-order chi connectivity index (χ1) is 9.19. The summed E-state index contributed by atoms with van der Waals surface area (Å²) in [6.07, 6.45) is 7.86. The standard InChI is InChI=1S/C15H23N3S/c1-4-6-8-12(7-5-2)18-14-13(17-15(18)19)11(3)9-10-16-14/h9-10,12H,4-8H2,1-3H3,(H,17,19). The number of H-pyrrole nitrogens is 1. The molecule has 0 spiro atoms. The van der Waals surface area contributed by atoms with E-state index >= 15 is 0 Å². The van der Waals surface area contributed by atoms with E-state index in [4.69, 9.17) is 12.2 Å². The third-order valence-corrected chi connectivity index (χ3v) is 3.99. The van der Waals surface area contributed by atoms with Crippen LogP contribution in [0.4, 0.5) is 0 Å². The normalized spacial score (nSPS) is 13.0. The van der Waals surface area contributed by atoms with Crippen molar-refractivity contribution < 1.29 is 0 Å². The van der Waals surface area contributed by atoms with Gasteiger partial charge in [-0.2, -0.15) is 0 Å². The molecular weight excluding hydrogens is 254 g/mol. The highest BCUT2D eigenvalue weighted by atomic mass is 32.1. The number of imidazole rings is 1. The topological polar surface area (TPSA) is 33.6 Å². The third-order valence-electron chi connectivity index (χ3n) is 3.70. The van der Waals surface area contributed by atoms with Crippen LogP contribution in [0.1, 0.15) is 57.6 Å². The van der Waals surface area contributed by atoms with Gasteiger partial charge in [0.1, 0.15) is 0 Å². The molecule has 4 heteroatoms. The summed E-state index contributed by atoms with van der Waals surface area (Å²) >= 11 is 5.52. The van der Waals surface area contributed by atoms with E-state index in [9.17, 15) is 0 Å². The van der Waals surface area contributed by atoms with E-state index in [1.54, 1.807) is 0 Å². The molecular formula is C15H23N3S. The highest BCUT2D eigenvalue weighted by molar-refractivity contribution is 7.71. The van der Waals surface area contributed by atoms with Crippen molar-refractivity contribution in [3.05, 3.63) is 22.6 Å². The lowest BCUT2D eigenvalue weighted by molar-refractivity contribution is 0.420. The van der Waals surface area contributed by atoms with Gasteiger partial charge in [0, 0.05) is 12.2 Å². The molecule has 2 heterocycles. The summed E-state index contributed by atoms with van der Waals surface area (Å²) in [5.74, 6) is 0. The second-order valence-corrected chi connectivity index (χ2v) is 5.60. The van der Waals surface area contributed by atoms with Crippen molar-refractivity contribution in [1.29, 1.82) is 0 Å². The van der Waals surface area contributed by atoms with Crippen LogP contribution in [0.5, 0.6) is 0 Å². The molecule has 0 fully saturated rings. The predicted molar refractivity (Wildman–Crippen MR) is 83.1 cm³/mol. The van der Waals surface area contributed by atoms with Crippen LogP contribution in [0.15, 0.2) is 12.3 Å². The highest BCUT2D eigenvalue weighted by Gasteiger charge is 2.16. The molecule has 0 aliphatic rings. The minimum absolute atomic E-state index is 0.473. The number of aromatic nitrogens is 3. The molecule has 2 rings (SSSR count). The van der Waals surface area contributed by atoms with Crippen LogP contribution in [-0.4, -0.2) is 14.5 Å². The molecule has 3 nitrogen and oxygen atoms in total. The van der Waals surface area contributed by atoms with Crippen molar-refractivity contribution in [2.45, 2.75) is 58.9 Å². The molecule has 0 radical (unpaired) electrons. The lowest BCUT2D eigenvalue weighted by Gasteiger charge is -2.18. The molecule has 0 amide bonds. The first-order valence-electron chi connectivity index (χ1n) is 7.24. The van der Waals surface area contributed by atoms with Crippen LogP contribution >= 0.6 is 12.2 Å². The zero-order valence-electron chi connectivity index (χ0n) is 12.1. The average Bonchev–Trinajstić information content (AvgIpc) is 2.73. The molecule has 104 valence electrons. The molecule has 0 aromatic carbocycles. The van der Waals surface area contributed by atoms with Crippen LogP contribution in [0.3, 0.4) is 0 Å². The summed E-state index contributed by atoms with van der Waals surface area (Å²) in [6, 6.07) is 2.50. The summed E-state index contributed by atoms with van der Waals surface area (Å²) in [7, 11) is 0. The maximum Gasteiger partial charge on any atom is 0.179 e. The van der Waals surface area contributed by atoms with Crippen molar-refractivity contribution >= 4 is 23.4 Å². The Bertz CT molecular complexity index is 597. The Morgan fingerprint density at radius 1 is 1.32 bits per heavy atom. The van der Waals surface area contributed by atoms with Crippen LogP contribution in [0, 0.1) is 11.7 Å². The quantitative estimate of drug-likeness (QED) is 0.759. The van der Waals surface area contributed by atoms with Crippen molar-refractivity contribution in [3.8, 4) is 0 Å². The van der Waals surface area contributed by atoms with E-state index in [-0.39, 0.29) is 0 Å². The van der Waals surface area contributed by atoms with Crippen molar-refractivity contribution in [2.24, 2.45) is 0 Å². The van der Waals surface area contributed by atoms with E-state index in [0.29, 0.717) is 6.04 Å². The van der Waals surface area contributed by atoms with Crippen LogP contribution in [-0.2, 0) is 0 Å². The minimum atomic E-state index is 0.473. The number of nitrogens with zero attached hydrogens (tertiary/aromatic N) is 2. The summed E-state index contributed by atoms with van der Waals surface area (Å²) in [5, 5.41) is 0. The van der Waals surface area contributed by atoms with Crippen LogP contribution in [0.25, 0.3) is 11.2 Å². The number of pyridine rings is 1. The van der Waals surface area contributed by atoms with Crippen molar-refractivity contribution in [1.82, 2.24) is 14.5 Å². The van der Waals surface area contributed by atoms with E-state index < -0.39 is 0 Å². The molecule has 0 saturated carbocycles. The number of hydrogen-bond acceptors (Lipinski definition) is 2. The van der Waals surface area contributed by atoms with Gasteiger partial charge in [-0.05, 0) is 43.6 Å². The van der Waals surface area contributed by atoms with E-state index in [2.05, 4.69) is 35.3 Å². The van der Waals surface area contributed by atoms with Gasteiger partial charge in [0.15, 0.2) is 10.4 Å². The molecule has 1 atom stereocenters. The largest absolute Gasteiger partial charge is 0.329 e. The van der Waals surface area contributed by atoms with Crippen LogP contribution in [0.2, 0.25) is 0 Å². The van der Waals surface area contributed by atoms with E-state index in [1.165, 1.54) is 31.2 Å². The number of unbranched alkanes of at least 4 members (excludes halogenated alkanes) is 1. The fourth-order valence-corrected chi connectivity index (χ4v) is 3.00. The Hall–Kier alpha value is -1.16. The van der Waals surface area contributed by atoms with E-state index in [1.807, 2.05) is 12.3 Å². The van der Waals surface area contributed by atoms with Gasteiger partial charge >= 0.3 is 0 Å². The molecule has 0 aliphatic carbocycles. The summed E-state index contributed by atoms with van der Waals surface area (Å²) in [6.45, 7) is 6.57. The highest BCUT2D eigenvalue weighted by Crippen LogP contribution is 2.26. The van der Waals surface area contributed by atoms with Crippen molar-refractivity contribution in [2.75, 3.05) is 0 Å². The first kappa shape index (κ1) is 14.3. The zero-order valence-corrected chi connectivity index (χ0v) is 12.9. The summed E-state index contributed by atoms with van der Waals surface area (Å²) < 4.78 is 3.04. The van der Waals surface area contributed by atoms with Gasteiger partial charge in [-0.3, -0.25) is 4.57 Å². The molecule has 19 heavy (non-hydrogen) atoms. The fraction of sp³-hybridized carbons (Fsp3) is 0.600. The second-order valence-electron chi connectivity index (χ2n) is 5.21. The van der Waals surface area contributed by atoms with Gasteiger partial charge in [-0.1, -0.05) is 33.1 Å². The van der Waals surface area contributed by atoms with Gasteiger partial charge in [-0.25, -0.2) is 4.98 Å². The Kier molecular flexibility index (Phi) is 4.75. The number of aryl methyl sites for hydroxylation is 1. The third kappa shape index (κ3) is 2.89. The van der Waals surface area contributed by atoms with Crippen LogP contribution < -0.4 is 0 Å². The smallest absolute Gasteiger partial charge is 0.179 e. The number of aromatic amines is 1. The molecule has 0 saturated heterocycles. The number of fused-ring (bicyclic) bond motifs is 1. The molecule has 1 N–H and O–H groups in total. The number of nitrogens with one attached hydrogen (secondary N) is 1.